The van der Waals surface area contributed by atoms with Crippen LogP contribution >= 0.6 is 15.9 Å². The summed E-state index contributed by atoms with van der Waals surface area (Å²) in [4.78, 5) is 11.7. The van der Waals surface area contributed by atoms with Gasteiger partial charge >= 0.3 is 0 Å². The number of hydrazone groups is 1. The Morgan fingerprint density at radius 1 is 1.29 bits per heavy atom. The summed E-state index contributed by atoms with van der Waals surface area (Å²) in [6, 6.07) is 15.0. The molecule has 0 spiro atoms. The van der Waals surface area contributed by atoms with Crippen molar-refractivity contribution in [3.8, 4) is 5.75 Å². The van der Waals surface area contributed by atoms with Crippen molar-refractivity contribution in [1.29, 1.82) is 0 Å². The average molecular weight is 347 g/mol. The van der Waals surface area contributed by atoms with Crippen molar-refractivity contribution in [1.82, 2.24) is 5.43 Å². The molecule has 0 atom stereocenters. The maximum atomic E-state index is 11.7. The van der Waals surface area contributed by atoms with E-state index < -0.39 is 0 Å². The smallest absolute Gasteiger partial charge is 0.244 e. The van der Waals surface area contributed by atoms with Crippen LogP contribution in [0, 0.1) is 0 Å². The van der Waals surface area contributed by atoms with Crippen LogP contribution in [0.15, 0.2) is 58.1 Å². The lowest BCUT2D eigenvalue weighted by Crippen LogP contribution is -2.19. The van der Waals surface area contributed by atoms with E-state index in [9.17, 15) is 4.79 Å². The molecule has 1 amide bonds. The third-order valence-corrected chi connectivity index (χ3v) is 3.30. The number of carbonyl (C=O) groups excluding carboxylic acids is 1. The van der Waals surface area contributed by atoms with Crippen molar-refractivity contribution in [2.24, 2.45) is 5.10 Å². The van der Waals surface area contributed by atoms with E-state index in [1.165, 1.54) is 0 Å². The molecule has 1 N–H and O–H groups in total. The van der Waals surface area contributed by atoms with Crippen LogP contribution in [0.25, 0.3) is 0 Å². The molecule has 0 heterocycles. The number of methoxy groups -OCH3 is 1. The highest BCUT2D eigenvalue weighted by Gasteiger charge is 2.01. The monoisotopic (exact) mass is 346 g/mol. The van der Waals surface area contributed by atoms with E-state index in [-0.39, 0.29) is 5.91 Å². The van der Waals surface area contributed by atoms with E-state index in [0.717, 1.165) is 21.3 Å². The first-order chi connectivity index (χ1) is 10.2. The number of hydrogen-bond donors (Lipinski definition) is 1. The fourth-order valence-corrected chi connectivity index (χ4v) is 1.99. The van der Waals surface area contributed by atoms with Gasteiger partial charge in [0, 0.05) is 4.47 Å². The first kappa shape index (κ1) is 15.3. The van der Waals surface area contributed by atoms with Gasteiger partial charge in [0.15, 0.2) is 0 Å². The van der Waals surface area contributed by atoms with Crippen LogP contribution in [-0.4, -0.2) is 19.2 Å². The van der Waals surface area contributed by atoms with E-state index in [0.29, 0.717) is 6.42 Å². The van der Waals surface area contributed by atoms with Gasteiger partial charge in [-0.1, -0.05) is 40.2 Å². The Labute approximate surface area is 132 Å². The van der Waals surface area contributed by atoms with Crippen LogP contribution in [0.5, 0.6) is 5.75 Å². The Bertz CT molecular complexity index is 639. The molecule has 108 valence electrons. The van der Waals surface area contributed by atoms with E-state index in [4.69, 9.17) is 4.74 Å². The fraction of sp³-hybridized carbons (Fsp3) is 0.125. The quantitative estimate of drug-likeness (QED) is 0.667. The van der Waals surface area contributed by atoms with Crippen molar-refractivity contribution in [3.63, 3.8) is 0 Å². The Balaban J connectivity index is 1.88. The van der Waals surface area contributed by atoms with Gasteiger partial charge in [0.1, 0.15) is 5.75 Å². The Hall–Kier alpha value is -2.14. The first-order valence-electron chi connectivity index (χ1n) is 6.38. The van der Waals surface area contributed by atoms with Crippen molar-refractivity contribution in [2.75, 3.05) is 7.11 Å². The van der Waals surface area contributed by atoms with Gasteiger partial charge in [-0.2, -0.15) is 5.10 Å². The third-order valence-electron chi connectivity index (χ3n) is 2.77. The number of halogens is 1. The Morgan fingerprint density at radius 2 is 2.05 bits per heavy atom. The van der Waals surface area contributed by atoms with Gasteiger partial charge in [0.2, 0.25) is 5.91 Å². The second-order valence-electron chi connectivity index (χ2n) is 4.37. The number of nitrogens with zero attached hydrogens (tertiary/aromatic N) is 1. The van der Waals surface area contributed by atoms with Gasteiger partial charge in [-0.3, -0.25) is 4.79 Å². The third kappa shape index (κ3) is 5.04. The number of carbonyl (C=O) groups is 1. The highest BCUT2D eigenvalue weighted by molar-refractivity contribution is 9.10. The molecule has 21 heavy (non-hydrogen) atoms. The maximum absolute atomic E-state index is 11.7. The van der Waals surface area contributed by atoms with Crippen LogP contribution in [0.2, 0.25) is 0 Å². The number of nitrogens with one attached hydrogen (secondary N) is 1. The molecule has 0 unspecified atom stereocenters. The predicted octanol–water partition coefficient (Wildman–Crippen LogP) is 3.15. The summed E-state index contributed by atoms with van der Waals surface area (Å²) in [7, 11) is 1.61. The highest BCUT2D eigenvalue weighted by atomic mass is 79.9. The van der Waals surface area contributed by atoms with Crippen molar-refractivity contribution >= 4 is 28.1 Å². The van der Waals surface area contributed by atoms with Crippen LogP contribution in [-0.2, 0) is 11.2 Å². The zero-order valence-electron chi connectivity index (χ0n) is 11.5. The number of amides is 1. The van der Waals surface area contributed by atoms with Crippen LogP contribution < -0.4 is 10.2 Å². The van der Waals surface area contributed by atoms with E-state index in [1.807, 2.05) is 48.5 Å². The predicted molar refractivity (Wildman–Crippen MR) is 86.6 cm³/mol. The minimum absolute atomic E-state index is 0.156. The van der Waals surface area contributed by atoms with Gasteiger partial charge in [-0.05, 0) is 35.4 Å². The largest absolute Gasteiger partial charge is 0.497 e. The summed E-state index contributed by atoms with van der Waals surface area (Å²) in [5.41, 5.74) is 4.31. The number of rotatable bonds is 5. The molecule has 0 saturated heterocycles. The summed E-state index contributed by atoms with van der Waals surface area (Å²) in [5.74, 6) is 0.594. The van der Waals surface area contributed by atoms with Crippen molar-refractivity contribution < 1.29 is 9.53 Å². The molecule has 0 aromatic heterocycles. The molecule has 2 aromatic carbocycles. The van der Waals surface area contributed by atoms with Gasteiger partial charge in [0.25, 0.3) is 0 Å². The number of hydrogen-bond acceptors (Lipinski definition) is 3. The van der Waals surface area contributed by atoms with Gasteiger partial charge < -0.3 is 4.74 Å². The highest BCUT2D eigenvalue weighted by Crippen LogP contribution is 2.11. The number of ether oxygens (including phenoxy) is 1. The average Bonchev–Trinajstić information content (AvgIpc) is 2.50. The van der Waals surface area contributed by atoms with Crippen LogP contribution in [0.3, 0.4) is 0 Å². The molecular weight excluding hydrogens is 332 g/mol. The van der Waals surface area contributed by atoms with Gasteiger partial charge in [0.05, 0.1) is 19.7 Å². The zero-order chi connectivity index (χ0) is 15.1. The zero-order valence-corrected chi connectivity index (χ0v) is 13.1. The van der Waals surface area contributed by atoms with Crippen LogP contribution in [0.1, 0.15) is 11.1 Å². The molecule has 0 bridgehead atoms. The minimum atomic E-state index is -0.156. The number of benzene rings is 2. The summed E-state index contributed by atoms with van der Waals surface area (Å²) in [6.45, 7) is 0. The summed E-state index contributed by atoms with van der Waals surface area (Å²) >= 11 is 3.36. The lowest BCUT2D eigenvalue weighted by molar-refractivity contribution is -0.120. The van der Waals surface area contributed by atoms with E-state index in [2.05, 4.69) is 26.5 Å². The molecule has 0 aliphatic carbocycles. The summed E-state index contributed by atoms with van der Waals surface area (Å²) in [5, 5.41) is 3.94. The molecule has 4 nitrogen and oxygen atoms in total. The molecule has 2 aromatic rings. The van der Waals surface area contributed by atoms with E-state index >= 15 is 0 Å². The lowest BCUT2D eigenvalue weighted by atomic mass is 10.1. The maximum Gasteiger partial charge on any atom is 0.244 e. The second-order valence-corrected chi connectivity index (χ2v) is 5.29. The SMILES string of the molecule is COc1cccc(/C=N/NC(=O)Cc2ccc(Br)cc2)c1. The van der Waals surface area contributed by atoms with Crippen LogP contribution in [0.4, 0.5) is 0 Å². The molecule has 0 radical (unpaired) electrons. The van der Waals surface area contributed by atoms with Crippen molar-refractivity contribution in [2.45, 2.75) is 6.42 Å². The first-order valence-corrected chi connectivity index (χ1v) is 7.17. The molecule has 2 rings (SSSR count). The standard InChI is InChI=1S/C16H15BrN2O2/c1-21-15-4-2-3-13(9-15)11-18-19-16(20)10-12-5-7-14(17)8-6-12/h2-9,11H,10H2,1H3,(H,19,20)/b18-11+. The topological polar surface area (TPSA) is 50.7 Å². The molecule has 0 fully saturated rings. The summed E-state index contributed by atoms with van der Waals surface area (Å²) < 4.78 is 6.11. The molecule has 5 heteroatoms. The van der Waals surface area contributed by atoms with Gasteiger partial charge in [-0.15, -0.1) is 0 Å². The lowest BCUT2D eigenvalue weighted by Gasteiger charge is -2.01. The van der Waals surface area contributed by atoms with Crippen molar-refractivity contribution in [3.05, 3.63) is 64.1 Å². The summed E-state index contributed by atoms with van der Waals surface area (Å²) in [6.07, 6.45) is 1.88. The fourth-order valence-electron chi connectivity index (χ4n) is 1.73. The second kappa shape index (κ2) is 7.59. The molecule has 0 saturated carbocycles. The molecular formula is C16H15BrN2O2. The molecule has 0 aliphatic rings. The molecule has 0 aliphatic heterocycles. The van der Waals surface area contributed by atoms with Gasteiger partial charge in [-0.25, -0.2) is 5.43 Å². The minimum Gasteiger partial charge on any atom is -0.497 e. The Morgan fingerprint density at radius 3 is 2.76 bits per heavy atom. The normalized spacial score (nSPS) is 10.6. The Kier molecular flexibility index (Phi) is 5.51. The van der Waals surface area contributed by atoms with E-state index in [1.54, 1.807) is 13.3 Å².